The van der Waals surface area contributed by atoms with Gasteiger partial charge < -0.3 is 15.6 Å². The number of esters is 1. The van der Waals surface area contributed by atoms with Crippen LogP contribution in [0.1, 0.15) is 37.5 Å². The lowest BCUT2D eigenvalue weighted by atomic mass is 10.1. The van der Waals surface area contributed by atoms with Gasteiger partial charge in [0, 0.05) is 6.42 Å². The van der Waals surface area contributed by atoms with E-state index in [0.29, 0.717) is 0 Å². The summed E-state index contributed by atoms with van der Waals surface area (Å²) < 4.78 is 5.17. The first kappa shape index (κ1) is 21.6. The van der Waals surface area contributed by atoms with Gasteiger partial charge >= 0.3 is 12.2 Å². The first-order valence-corrected chi connectivity index (χ1v) is 9.46. The summed E-state index contributed by atoms with van der Waals surface area (Å²) in [4.78, 5) is 39.1. The molecule has 0 aliphatic carbocycles. The van der Waals surface area contributed by atoms with E-state index in [1.807, 2.05) is 30.3 Å². The molecule has 0 saturated carbocycles. The van der Waals surface area contributed by atoms with Gasteiger partial charge in [0.15, 0.2) is 0 Å². The van der Waals surface area contributed by atoms with Crippen LogP contribution in [0.15, 0.2) is 30.3 Å². The maximum atomic E-state index is 12.7. The molecule has 0 saturated heterocycles. The maximum absolute atomic E-state index is 12.7. The number of hydrogen-bond acceptors (Lipinski definition) is 5. The van der Waals surface area contributed by atoms with E-state index >= 15 is 0 Å². The fourth-order valence-corrected chi connectivity index (χ4v) is 2.96. The van der Waals surface area contributed by atoms with Crippen LogP contribution in [-0.4, -0.2) is 47.1 Å². The molecule has 1 amide bonds. The molecular formula is C18H23N3O4S. The number of Topliss-reactive ketones (excluding diaryl/α,β-unsaturated/α-hetero) is 1. The zero-order chi connectivity index (χ0) is 19.5. The number of ketones is 1. The van der Waals surface area contributed by atoms with E-state index in [1.165, 1.54) is 11.8 Å². The largest absolute Gasteiger partial charge is 0.461 e. The average molecular weight is 377 g/mol. The highest BCUT2D eigenvalue weighted by atomic mass is 32.2. The first-order chi connectivity index (χ1) is 12.4. The molecule has 1 rings (SSSR count). The molecule has 0 aromatic heterocycles. The number of rotatable bonds is 10. The predicted molar refractivity (Wildman–Crippen MR) is 99.8 cm³/mol. The molecule has 0 unspecified atom stereocenters. The second-order valence-corrected chi connectivity index (χ2v) is 6.77. The van der Waals surface area contributed by atoms with Crippen molar-refractivity contribution in [2.24, 2.45) is 0 Å². The summed E-state index contributed by atoms with van der Waals surface area (Å²) in [5, 5.41) is 2.19. The Morgan fingerprint density at radius 1 is 1.27 bits per heavy atom. The summed E-state index contributed by atoms with van der Waals surface area (Å²) in [6, 6.07) is 8.24. The molecule has 0 spiro atoms. The van der Waals surface area contributed by atoms with Crippen molar-refractivity contribution in [3.05, 3.63) is 41.4 Å². The van der Waals surface area contributed by atoms with Crippen LogP contribution in [0.5, 0.6) is 0 Å². The smallest absolute Gasteiger partial charge is 0.328 e. The summed E-state index contributed by atoms with van der Waals surface area (Å²) in [7, 11) is 0. The Morgan fingerprint density at radius 2 is 1.92 bits per heavy atom. The van der Waals surface area contributed by atoms with Crippen LogP contribution in [0.4, 0.5) is 0 Å². The van der Waals surface area contributed by atoms with Gasteiger partial charge in [-0.3, -0.25) is 9.59 Å². The molecule has 0 heterocycles. The number of ether oxygens (including phenoxy) is 1. The Labute approximate surface area is 157 Å². The number of carbonyl (C=O) groups excluding carboxylic acids is 3. The van der Waals surface area contributed by atoms with Crippen molar-refractivity contribution in [1.29, 1.82) is 0 Å². The minimum atomic E-state index is -0.959. The van der Waals surface area contributed by atoms with Gasteiger partial charge in [-0.25, -0.2) is 4.79 Å². The van der Waals surface area contributed by atoms with E-state index in [-0.39, 0.29) is 24.9 Å². The quantitative estimate of drug-likeness (QED) is 0.291. The lowest BCUT2D eigenvalue weighted by molar-refractivity contribution is -0.151. The second-order valence-electron chi connectivity index (χ2n) is 5.82. The van der Waals surface area contributed by atoms with Gasteiger partial charge in [-0.2, -0.15) is 4.79 Å². The highest BCUT2D eigenvalue weighted by Gasteiger charge is 2.28. The minimum Gasteiger partial charge on any atom is -0.461 e. The molecule has 0 radical (unpaired) electrons. The molecule has 0 aliphatic rings. The zero-order valence-corrected chi connectivity index (χ0v) is 15.9. The van der Waals surface area contributed by atoms with E-state index in [0.717, 1.165) is 11.8 Å². The predicted octanol–water partition coefficient (Wildman–Crippen LogP) is 2.18. The van der Waals surface area contributed by atoms with Crippen molar-refractivity contribution in [3.63, 3.8) is 0 Å². The number of nitrogens with one attached hydrogen (secondary N) is 1. The van der Waals surface area contributed by atoms with Crippen molar-refractivity contribution in [1.82, 2.24) is 5.32 Å². The van der Waals surface area contributed by atoms with Crippen LogP contribution in [-0.2, 0) is 19.1 Å². The average Bonchev–Trinajstić information content (AvgIpc) is 2.59. The molecule has 1 N–H and O–H groups in total. The Balaban J connectivity index is 2.87. The van der Waals surface area contributed by atoms with E-state index in [1.54, 1.807) is 20.1 Å². The van der Waals surface area contributed by atoms with E-state index in [2.05, 4.69) is 10.1 Å². The third-order valence-corrected chi connectivity index (χ3v) is 4.37. The van der Waals surface area contributed by atoms with Crippen molar-refractivity contribution in [2.45, 2.75) is 44.1 Å². The maximum Gasteiger partial charge on any atom is 0.328 e. The Bertz CT molecular complexity index is 672. The third kappa shape index (κ3) is 7.21. The molecule has 1 aromatic carbocycles. The van der Waals surface area contributed by atoms with Gasteiger partial charge in [0.1, 0.15) is 11.3 Å². The van der Waals surface area contributed by atoms with Crippen LogP contribution < -0.4 is 5.32 Å². The summed E-state index contributed by atoms with van der Waals surface area (Å²) in [5.41, 5.74) is 9.21. The van der Waals surface area contributed by atoms with Crippen LogP contribution in [0, 0.1) is 0 Å². The lowest BCUT2D eigenvalue weighted by Gasteiger charge is -2.21. The van der Waals surface area contributed by atoms with Gasteiger partial charge in [0.2, 0.25) is 11.7 Å². The summed E-state index contributed by atoms with van der Waals surface area (Å²) >= 11 is 1.35. The Kier molecular flexibility index (Phi) is 9.33. The SMILES string of the molecule is CS[C@H](C(=O)N[C@@H](CCC(=O)C=[N+]=[N-])C(=O)OC(C)C)c1ccccc1. The molecule has 140 valence electrons. The normalized spacial score (nSPS) is 12.6. The molecular weight excluding hydrogens is 354 g/mol. The minimum absolute atomic E-state index is 0.0536. The van der Waals surface area contributed by atoms with E-state index < -0.39 is 23.0 Å². The van der Waals surface area contributed by atoms with Gasteiger partial charge in [-0.15, -0.1) is 11.8 Å². The van der Waals surface area contributed by atoms with Crippen molar-refractivity contribution >= 4 is 35.6 Å². The number of amides is 1. The topological polar surface area (TPSA) is 109 Å². The fraction of sp³-hybridized carbons (Fsp3) is 0.444. The standard InChI is InChI=1S/C18H23N3O4S/c1-12(2)25-18(24)15(10-9-14(22)11-20-19)21-17(23)16(26-3)13-7-5-4-6-8-13/h4-8,11-12,15-16H,9-10H2,1-3H3,(H,21,23)/t15-,16-/m0/s1. The van der Waals surface area contributed by atoms with Crippen molar-refractivity contribution in [3.8, 4) is 0 Å². The van der Waals surface area contributed by atoms with Crippen LogP contribution in [0.25, 0.3) is 5.53 Å². The fourth-order valence-electron chi connectivity index (χ4n) is 2.25. The number of hydrogen-bond donors (Lipinski definition) is 1. The molecule has 26 heavy (non-hydrogen) atoms. The molecule has 0 bridgehead atoms. The van der Waals surface area contributed by atoms with Gasteiger partial charge in [-0.05, 0) is 32.1 Å². The van der Waals surface area contributed by atoms with Gasteiger partial charge in [-0.1, -0.05) is 30.3 Å². The monoisotopic (exact) mass is 377 g/mol. The summed E-state index contributed by atoms with van der Waals surface area (Å²) in [6.45, 7) is 3.41. The molecule has 1 aromatic rings. The molecule has 7 nitrogen and oxygen atoms in total. The molecule has 8 heteroatoms. The summed E-state index contributed by atoms with van der Waals surface area (Å²) in [5.74, 6) is -1.39. The Morgan fingerprint density at radius 3 is 2.46 bits per heavy atom. The number of nitrogens with zero attached hydrogens (tertiary/aromatic N) is 2. The Hall–Kier alpha value is -2.44. The highest BCUT2D eigenvalue weighted by molar-refractivity contribution is 7.99. The number of benzene rings is 1. The van der Waals surface area contributed by atoms with Crippen LogP contribution >= 0.6 is 11.8 Å². The number of carbonyl (C=O) groups is 3. The highest BCUT2D eigenvalue weighted by Crippen LogP contribution is 2.26. The van der Waals surface area contributed by atoms with Crippen molar-refractivity contribution < 1.29 is 23.9 Å². The van der Waals surface area contributed by atoms with Gasteiger partial charge in [0.25, 0.3) is 0 Å². The second kappa shape index (κ2) is 11.2. The van der Waals surface area contributed by atoms with Crippen molar-refractivity contribution in [2.75, 3.05) is 6.26 Å². The molecule has 0 fully saturated rings. The zero-order valence-electron chi connectivity index (χ0n) is 15.0. The first-order valence-electron chi connectivity index (χ1n) is 8.17. The van der Waals surface area contributed by atoms with Crippen LogP contribution in [0.2, 0.25) is 0 Å². The third-order valence-electron chi connectivity index (χ3n) is 3.41. The van der Waals surface area contributed by atoms with Gasteiger partial charge in [0.05, 0.1) is 6.10 Å². The van der Waals surface area contributed by atoms with Crippen LogP contribution in [0.3, 0.4) is 0 Å². The summed E-state index contributed by atoms with van der Waals surface area (Å²) in [6.07, 6.45) is 2.22. The molecule has 2 atom stereocenters. The van der Waals surface area contributed by atoms with E-state index in [4.69, 9.17) is 10.3 Å². The lowest BCUT2D eigenvalue weighted by Crippen LogP contribution is -2.44. The number of thioether (sulfide) groups is 1. The molecule has 0 aliphatic heterocycles. The van der Waals surface area contributed by atoms with E-state index in [9.17, 15) is 14.4 Å².